The number of carboxylic acids is 1. The topological polar surface area (TPSA) is 68.0 Å². The molecule has 0 bridgehead atoms. The van der Waals surface area contributed by atoms with E-state index in [0.717, 1.165) is 18.7 Å². The Morgan fingerprint density at radius 1 is 1.53 bits per heavy atom. The van der Waals surface area contributed by atoms with Crippen molar-refractivity contribution in [3.8, 4) is 0 Å². The van der Waals surface area contributed by atoms with Crippen molar-refractivity contribution >= 4 is 17.7 Å². The van der Waals surface area contributed by atoms with Crippen LogP contribution in [0.5, 0.6) is 0 Å². The lowest BCUT2D eigenvalue weighted by atomic mass is 9.88. The Balaban J connectivity index is 2.15. The molecule has 0 spiro atoms. The van der Waals surface area contributed by atoms with E-state index in [2.05, 4.69) is 17.0 Å². The quantitative estimate of drug-likeness (QED) is 0.831. The molecule has 1 saturated carbocycles. The van der Waals surface area contributed by atoms with Crippen LogP contribution in [-0.2, 0) is 17.3 Å². The van der Waals surface area contributed by atoms with Gasteiger partial charge >= 0.3 is 5.97 Å². The van der Waals surface area contributed by atoms with E-state index in [1.54, 1.807) is 4.68 Å². The van der Waals surface area contributed by atoms with E-state index in [-0.39, 0.29) is 11.2 Å². The largest absolute Gasteiger partial charge is 0.481 e. The number of carbonyl (C=O) groups is 1. The van der Waals surface area contributed by atoms with E-state index >= 15 is 0 Å². The second-order valence-electron chi connectivity index (χ2n) is 4.79. The van der Waals surface area contributed by atoms with Crippen LogP contribution < -0.4 is 0 Å². The molecule has 1 N–H and O–H groups in total. The third-order valence-corrected chi connectivity index (χ3v) is 4.30. The van der Waals surface area contributed by atoms with E-state index < -0.39 is 5.97 Å². The van der Waals surface area contributed by atoms with Crippen LogP contribution in [0.2, 0.25) is 0 Å². The minimum Gasteiger partial charge on any atom is -0.481 e. The molecule has 0 radical (unpaired) electrons. The van der Waals surface area contributed by atoms with Gasteiger partial charge in [-0.25, -0.2) is 9.67 Å². The maximum Gasteiger partial charge on any atom is 0.313 e. The van der Waals surface area contributed by atoms with Crippen molar-refractivity contribution in [2.45, 2.75) is 43.2 Å². The highest BCUT2D eigenvalue weighted by Crippen LogP contribution is 2.39. The van der Waals surface area contributed by atoms with Crippen molar-refractivity contribution in [1.82, 2.24) is 14.8 Å². The van der Waals surface area contributed by atoms with Crippen molar-refractivity contribution < 1.29 is 9.90 Å². The summed E-state index contributed by atoms with van der Waals surface area (Å²) in [4.78, 5) is 15.0. The molecule has 1 heterocycles. The first kappa shape index (κ1) is 12.4. The lowest BCUT2D eigenvalue weighted by molar-refractivity contribution is -0.133. The Hall–Kier alpha value is -1.04. The number of hydrogen-bond acceptors (Lipinski definition) is 4. The molecule has 2 rings (SSSR count). The fraction of sp³-hybridized carbons (Fsp3) is 0.727. The number of carboxylic acid groups (broad SMARTS) is 1. The zero-order valence-corrected chi connectivity index (χ0v) is 11.0. The fourth-order valence-corrected chi connectivity index (χ4v) is 2.89. The Bertz CT molecular complexity index is 424. The van der Waals surface area contributed by atoms with Gasteiger partial charge < -0.3 is 5.11 Å². The molecule has 0 atom stereocenters. The van der Waals surface area contributed by atoms with Crippen LogP contribution in [0.1, 0.15) is 38.4 Å². The van der Waals surface area contributed by atoms with Crippen LogP contribution in [0.25, 0.3) is 0 Å². The summed E-state index contributed by atoms with van der Waals surface area (Å²) in [6, 6.07) is 0. The number of aliphatic carboxylic acids is 1. The molecule has 0 amide bonds. The molecule has 0 unspecified atom stereocenters. The molecule has 0 aliphatic heterocycles. The maximum absolute atomic E-state index is 10.5. The minimum atomic E-state index is -0.827. The highest BCUT2D eigenvalue weighted by Gasteiger charge is 2.34. The van der Waals surface area contributed by atoms with Gasteiger partial charge in [0.1, 0.15) is 0 Å². The van der Waals surface area contributed by atoms with Gasteiger partial charge in [0.05, 0.1) is 5.75 Å². The average Bonchev–Trinajstić information content (AvgIpc) is 2.83. The fourth-order valence-electron chi connectivity index (χ4n) is 2.26. The molecule has 5 nitrogen and oxygen atoms in total. The average molecular weight is 255 g/mol. The molecule has 94 valence electrons. The SMILES string of the molecule is Cn1nc(C2(C)CCCC2)nc1SCC(=O)O. The van der Waals surface area contributed by atoms with Crippen molar-refractivity contribution in [3.05, 3.63) is 5.82 Å². The Kier molecular flexibility index (Phi) is 3.42. The summed E-state index contributed by atoms with van der Waals surface area (Å²) in [5, 5.41) is 13.8. The van der Waals surface area contributed by atoms with Gasteiger partial charge in [0.25, 0.3) is 0 Å². The summed E-state index contributed by atoms with van der Waals surface area (Å²) in [5.74, 6) is 0.0693. The van der Waals surface area contributed by atoms with Crippen LogP contribution >= 0.6 is 11.8 Å². The zero-order chi connectivity index (χ0) is 12.5. The van der Waals surface area contributed by atoms with E-state index in [1.807, 2.05) is 7.05 Å². The van der Waals surface area contributed by atoms with E-state index in [0.29, 0.717) is 5.16 Å². The summed E-state index contributed by atoms with van der Waals surface area (Å²) in [7, 11) is 1.82. The van der Waals surface area contributed by atoms with Crippen LogP contribution in [0.15, 0.2) is 5.16 Å². The molecule has 1 aliphatic rings. The summed E-state index contributed by atoms with van der Waals surface area (Å²) < 4.78 is 1.69. The third-order valence-electron chi connectivity index (χ3n) is 3.29. The number of hydrogen-bond donors (Lipinski definition) is 1. The smallest absolute Gasteiger partial charge is 0.313 e. The Labute approximate surface area is 105 Å². The van der Waals surface area contributed by atoms with Crippen molar-refractivity contribution in [1.29, 1.82) is 0 Å². The van der Waals surface area contributed by atoms with Gasteiger partial charge in [0.2, 0.25) is 0 Å². The molecular weight excluding hydrogens is 238 g/mol. The van der Waals surface area contributed by atoms with Crippen LogP contribution in [0.3, 0.4) is 0 Å². The standard InChI is InChI=1S/C11H17N3O2S/c1-11(5-3-4-6-11)9-12-10(14(2)13-9)17-7-8(15)16/h3-7H2,1-2H3,(H,15,16). The van der Waals surface area contributed by atoms with Gasteiger partial charge in [-0.1, -0.05) is 31.5 Å². The third kappa shape index (κ3) is 2.62. The van der Waals surface area contributed by atoms with Crippen LogP contribution in [0.4, 0.5) is 0 Å². The van der Waals surface area contributed by atoms with E-state index in [9.17, 15) is 4.79 Å². The van der Waals surface area contributed by atoms with Gasteiger partial charge in [0.15, 0.2) is 11.0 Å². The predicted molar refractivity (Wildman–Crippen MR) is 65.2 cm³/mol. The second-order valence-corrected chi connectivity index (χ2v) is 5.73. The summed E-state index contributed by atoms with van der Waals surface area (Å²) in [5.41, 5.74) is 0.0831. The number of nitrogens with zero attached hydrogens (tertiary/aromatic N) is 3. The van der Waals surface area contributed by atoms with Crippen molar-refractivity contribution in [2.24, 2.45) is 7.05 Å². The number of aryl methyl sites for hydroxylation is 1. The normalized spacial score (nSPS) is 18.5. The molecular formula is C11H17N3O2S. The summed E-state index contributed by atoms with van der Waals surface area (Å²) in [6.07, 6.45) is 4.71. The first-order valence-corrected chi connectivity index (χ1v) is 6.76. The Morgan fingerprint density at radius 3 is 2.76 bits per heavy atom. The van der Waals surface area contributed by atoms with E-state index in [4.69, 9.17) is 5.11 Å². The van der Waals surface area contributed by atoms with Crippen LogP contribution in [0, 0.1) is 0 Å². The highest BCUT2D eigenvalue weighted by molar-refractivity contribution is 7.99. The number of thioether (sulfide) groups is 1. The first-order chi connectivity index (χ1) is 8.01. The minimum absolute atomic E-state index is 0.0304. The van der Waals surface area contributed by atoms with Gasteiger partial charge in [-0.15, -0.1) is 0 Å². The highest BCUT2D eigenvalue weighted by atomic mass is 32.2. The number of rotatable bonds is 4. The molecule has 1 aliphatic carbocycles. The molecule has 0 saturated heterocycles. The number of aromatic nitrogens is 3. The molecule has 0 aromatic carbocycles. The molecule has 1 aromatic rings. The lowest BCUT2D eigenvalue weighted by Crippen LogP contribution is -2.19. The Morgan fingerprint density at radius 2 is 2.18 bits per heavy atom. The first-order valence-electron chi connectivity index (χ1n) is 5.77. The van der Waals surface area contributed by atoms with Gasteiger partial charge in [0, 0.05) is 12.5 Å². The van der Waals surface area contributed by atoms with Crippen molar-refractivity contribution in [2.75, 3.05) is 5.75 Å². The maximum atomic E-state index is 10.5. The summed E-state index contributed by atoms with van der Waals surface area (Å²) in [6.45, 7) is 2.20. The van der Waals surface area contributed by atoms with Crippen LogP contribution in [-0.4, -0.2) is 31.6 Å². The predicted octanol–water partition coefficient (Wildman–Crippen LogP) is 1.82. The summed E-state index contributed by atoms with van der Waals surface area (Å²) >= 11 is 1.22. The molecule has 6 heteroatoms. The van der Waals surface area contributed by atoms with Gasteiger partial charge in [-0.2, -0.15) is 5.10 Å². The van der Waals surface area contributed by atoms with Gasteiger partial charge in [-0.3, -0.25) is 4.79 Å². The van der Waals surface area contributed by atoms with E-state index in [1.165, 1.54) is 24.6 Å². The second kappa shape index (κ2) is 4.68. The molecule has 1 fully saturated rings. The van der Waals surface area contributed by atoms with Gasteiger partial charge in [-0.05, 0) is 12.8 Å². The van der Waals surface area contributed by atoms with Crippen molar-refractivity contribution in [3.63, 3.8) is 0 Å². The monoisotopic (exact) mass is 255 g/mol. The molecule has 1 aromatic heterocycles. The zero-order valence-electron chi connectivity index (χ0n) is 10.1. The lowest BCUT2D eigenvalue weighted by Gasteiger charge is -2.18. The molecule has 17 heavy (non-hydrogen) atoms.